The third kappa shape index (κ3) is 4.50. The van der Waals surface area contributed by atoms with E-state index in [0.717, 1.165) is 5.69 Å². The van der Waals surface area contributed by atoms with Crippen LogP contribution in [0.25, 0.3) is 5.69 Å². The number of rotatable bonds is 6. The van der Waals surface area contributed by atoms with Crippen molar-refractivity contribution >= 4 is 11.8 Å². The molecule has 0 saturated carbocycles. The summed E-state index contributed by atoms with van der Waals surface area (Å²) in [5.41, 5.74) is 2.08. The van der Waals surface area contributed by atoms with Crippen LogP contribution in [0.3, 0.4) is 0 Å². The summed E-state index contributed by atoms with van der Waals surface area (Å²) in [5.74, 6) is 1.12. The van der Waals surface area contributed by atoms with Crippen LogP contribution < -0.4 is 14.2 Å². The zero-order chi connectivity index (χ0) is 23.4. The Kier molecular flexibility index (Phi) is 6.53. The van der Waals surface area contributed by atoms with Crippen LogP contribution in [-0.4, -0.2) is 73.7 Å². The lowest BCUT2D eigenvalue weighted by Gasteiger charge is -2.35. The highest BCUT2D eigenvalue weighted by Crippen LogP contribution is 2.38. The molecule has 3 aromatic rings. The molecule has 0 aliphatic carbocycles. The van der Waals surface area contributed by atoms with Crippen LogP contribution in [0.5, 0.6) is 17.2 Å². The van der Waals surface area contributed by atoms with E-state index in [2.05, 4.69) is 0 Å². The summed E-state index contributed by atoms with van der Waals surface area (Å²) in [6, 6.07) is 14.7. The number of carbonyl (C=O) groups is 2. The highest BCUT2D eigenvalue weighted by molar-refractivity contribution is 5.97. The molecule has 0 radical (unpaired) electrons. The van der Waals surface area contributed by atoms with Crippen molar-refractivity contribution in [2.75, 3.05) is 47.5 Å². The van der Waals surface area contributed by atoms with Crippen LogP contribution >= 0.6 is 0 Å². The minimum absolute atomic E-state index is 0.0334. The summed E-state index contributed by atoms with van der Waals surface area (Å²) in [5, 5.41) is 0. The molecule has 172 valence electrons. The minimum atomic E-state index is -0.141. The quantitative estimate of drug-likeness (QED) is 0.578. The zero-order valence-corrected chi connectivity index (χ0v) is 19.0. The van der Waals surface area contributed by atoms with Crippen LogP contribution in [0.2, 0.25) is 0 Å². The van der Waals surface area contributed by atoms with Crippen LogP contribution in [0, 0.1) is 0 Å². The van der Waals surface area contributed by atoms with Gasteiger partial charge in [0.1, 0.15) is 0 Å². The fraction of sp³-hybridized carbons (Fsp3) is 0.280. The van der Waals surface area contributed by atoms with Gasteiger partial charge in [0.15, 0.2) is 11.5 Å². The molecule has 0 unspecified atom stereocenters. The van der Waals surface area contributed by atoms with Crippen molar-refractivity contribution < 1.29 is 23.8 Å². The lowest BCUT2D eigenvalue weighted by Crippen LogP contribution is -2.50. The number of ether oxygens (including phenoxy) is 3. The number of piperazine rings is 1. The SMILES string of the molecule is COc1cc(C(=O)N2CCN(C(=O)c3ccc(-n4cccc4)cc3)CC2)cc(OC)c1OC. The highest BCUT2D eigenvalue weighted by Gasteiger charge is 2.27. The predicted octanol–water partition coefficient (Wildman–Crippen LogP) is 3.10. The van der Waals surface area contributed by atoms with E-state index in [4.69, 9.17) is 14.2 Å². The summed E-state index contributed by atoms with van der Waals surface area (Å²) in [6.45, 7) is 1.83. The molecule has 0 atom stereocenters. The molecule has 1 fully saturated rings. The van der Waals surface area contributed by atoms with E-state index in [0.29, 0.717) is 54.6 Å². The Balaban J connectivity index is 1.41. The van der Waals surface area contributed by atoms with Gasteiger partial charge in [-0.05, 0) is 48.5 Å². The standard InChI is InChI=1S/C25H27N3O5/c1-31-21-16-19(17-22(32-2)23(21)33-3)25(30)28-14-12-27(13-15-28)24(29)18-6-8-20(9-7-18)26-10-4-5-11-26/h4-11,16-17H,12-15H2,1-3H3. The number of nitrogens with zero attached hydrogens (tertiary/aromatic N) is 3. The van der Waals surface area contributed by atoms with Crippen LogP contribution in [0.15, 0.2) is 60.9 Å². The number of carbonyl (C=O) groups excluding carboxylic acids is 2. The highest BCUT2D eigenvalue weighted by atomic mass is 16.5. The first-order chi connectivity index (χ1) is 16.0. The average molecular weight is 450 g/mol. The number of amides is 2. The van der Waals surface area contributed by atoms with Crippen molar-refractivity contribution in [2.24, 2.45) is 0 Å². The minimum Gasteiger partial charge on any atom is -0.493 e. The number of hydrogen-bond donors (Lipinski definition) is 0. The third-order valence-corrected chi connectivity index (χ3v) is 5.78. The van der Waals surface area contributed by atoms with Gasteiger partial charge in [-0.1, -0.05) is 0 Å². The summed E-state index contributed by atoms with van der Waals surface area (Å²) in [4.78, 5) is 29.6. The van der Waals surface area contributed by atoms with Gasteiger partial charge >= 0.3 is 0 Å². The lowest BCUT2D eigenvalue weighted by molar-refractivity contribution is 0.0535. The summed E-state index contributed by atoms with van der Waals surface area (Å²) in [6.07, 6.45) is 3.92. The van der Waals surface area contributed by atoms with Gasteiger partial charge in [-0.15, -0.1) is 0 Å². The zero-order valence-electron chi connectivity index (χ0n) is 19.0. The summed E-state index contributed by atoms with van der Waals surface area (Å²) in [7, 11) is 4.55. The van der Waals surface area contributed by atoms with E-state index in [1.807, 2.05) is 53.4 Å². The van der Waals surface area contributed by atoms with Crippen molar-refractivity contribution in [1.82, 2.24) is 14.4 Å². The fourth-order valence-electron chi connectivity index (χ4n) is 3.97. The predicted molar refractivity (Wildman–Crippen MR) is 124 cm³/mol. The molecule has 8 heteroatoms. The molecular weight excluding hydrogens is 422 g/mol. The molecule has 0 N–H and O–H groups in total. The first-order valence-electron chi connectivity index (χ1n) is 10.7. The number of methoxy groups -OCH3 is 3. The van der Waals surface area contributed by atoms with E-state index in [9.17, 15) is 9.59 Å². The Morgan fingerprint density at radius 1 is 0.697 bits per heavy atom. The average Bonchev–Trinajstić information content (AvgIpc) is 3.42. The van der Waals surface area contributed by atoms with Crippen LogP contribution in [0.1, 0.15) is 20.7 Å². The first-order valence-corrected chi connectivity index (χ1v) is 10.7. The molecule has 1 aromatic heterocycles. The molecule has 0 spiro atoms. The maximum absolute atomic E-state index is 13.1. The van der Waals surface area contributed by atoms with Gasteiger partial charge in [0, 0.05) is 55.4 Å². The molecule has 2 amide bonds. The second kappa shape index (κ2) is 9.68. The molecule has 33 heavy (non-hydrogen) atoms. The van der Waals surface area contributed by atoms with Gasteiger partial charge in [-0.3, -0.25) is 9.59 Å². The maximum atomic E-state index is 13.1. The molecule has 1 aliphatic heterocycles. The Labute approximate surface area is 192 Å². The van der Waals surface area contributed by atoms with Crippen molar-refractivity contribution in [1.29, 1.82) is 0 Å². The van der Waals surface area contributed by atoms with E-state index < -0.39 is 0 Å². The van der Waals surface area contributed by atoms with Crippen LogP contribution in [0.4, 0.5) is 0 Å². The molecule has 1 saturated heterocycles. The smallest absolute Gasteiger partial charge is 0.254 e. The largest absolute Gasteiger partial charge is 0.493 e. The number of benzene rings is 2. The molecule has 4 rings (SSSR count). The molecule has 2 aromatic carbocycles. The lowest BCUT2D eigenvalue weighted by atomic mass is 10.1. The maximum Gasteiger partial charge on any atom is 0.254 e. The molecular formula is C25H27N3O5. The second-order valence-corrected chi connectivity index (χ2v) is 7.64. The van der Waals surface area contributed by atoms with E-state index in [1.54, 1.807) is 21.9 Å². The van der Waals surface area contributed by atoms with Gasteiger partial charge in [-0.2, -0.15) is 0 Å². The van der Waals surface area contributed by atoms with Crippen molar-refractivity contribution in [3.05, 3.63) is 72.1 Å². The van der Waals surface area contributed by atoms with Crippen molar-refractivity contribution in [3.8, 4) is 22.9 Å². The monoisotopic (exact) mass is 449 g/mol. The fourth-order valence-corrected chi connectivity index (χ4v) is 3.97. The molecule has 2 heterocycles. The molecule has 8 nitrogen and oxygen atoms in total. The van der Waals surface area contributed by atoms with Gasteiger partial charge in [0.25, 0.3) is 11.8 Å². The first kappa shape index (κ1) is 22.3. The van der Waals surface area contributed by atoms with Crippen molar-refractivity contribution in [3.63, 3.8) is 0 Å². The molecule has 1 aliphatic rings. The van der Waals surface area contributed by atoms with E-state index in [-0.39, 0.29) is 11.8 Å². The topological polar surface area (TPSA) is 73.2 Å². The Bertz CT molecular complexity index is 1090. The van der Waals surface area contributed by atoms with E-state index >= 15 is 0 Å². The second-order valence-electron chi connectivity index (χ2n) is 7.64. The van der Waals surface area contributed by atoms with Gasteiger partial charge < -0.3 is 28.6 Å². The third-order valence-electron chi connectivity index (χ3n) is 5.78. The number of aromatic nitrogens is 1. The Morgan fingerprint density at radius 2 is 1.18 bits per heavy atom. The van der Waals surface area contributed by atoms with Gasteiger partial charge in [0.2, 0.25) is 5.75 Å². The number of hydrogen-bond acceptors (Lipinski definition) is 5. The summed E-state index contributed by atoms with van der Waals surface area (Å²) < 4.78 is 18.0. The normalized spacial score (nSPS) is 13.5. The molecule has 0 bridgehead atoms. The van der Waals surface area contributed by atoms with Crippen LogP contribution in [-0.2, 0) is 0 Å². The Hall–Kier alpha value is -3.94. The Morgan fingerprint density at radius 3 is 1.64 bits per heavy atom. The van der Waals surface area contributed by atoms with E-state index in [1.165, 1.54) is 21.3 Å². The van der Waals surface area contributed by atoms with Gasteiger partial charge in [-0.25, -0.2) is 0 Å². The summed E-state index contributed by atoms with van der Waals surface area (Å²) >= 11 is 0. The van der Waals surface area contributed by atoms with Gasteiger partial charge in [0.05, 0.1) is 21.3 Å². The van der Waals surface area contributed by atoms with Crippen molar-refractivity contribution in [2.45, 2.75) is 0 Å².